The summed E-state index contributed by atoms with van der Waals surface area (Å²) in [5, 5.41) is 4.92. The molecule has 0 aliphatic carbocycles. The van der Waals surface area contributed by atoms with Crippen molar-refractivity contribution in [2.75, 3.05) is 31.0 Å². The number of anilines is 2. The first-order chi connectivity index (χ1) is 19.6. The predicted octanol–water partition coefficient (Wildman–Crippen LogP) is 4.08. The van der Waals surface area contributed by atoms with Crippen LogP contribution < -0.4 is 25.0 Å². The van der Waals surface area contributed by atoms with Crippen LogP contribution in [0.1, 0.15) is 21.5 Å². The number of barbiturate groups is 1. The minimum Gasteiger partial charge on any atom is -0.493 e. The molecule has 4 rings (SSSR count). The molecule has 1 heterocycles. The standard InChI is InChI=1S/C29H24IN3O8/c1-16-5-4-6-19(11-16)31-24(34)15-41-25-22(30)13-17(14-23(25)39-2)12-21-26(35)32-29(38)33(27(21)36)20-9-7-18(8-10-20)28(37)40-3/h4-14H,15H2,1-3H3,(H,31,34)(H,32,35,38)/b21-12+. The monoisotopic (exact) mass is 669 g/mol. The highest BCUT2D eigenvalue weighted by atomic mass is 127. The summed E-state index contributed by atoms with van der Waals surface area (Å²) in [5.74, 6) is -2.10. The number of halogens is 1. The van der Waals surface area contributed by atoms with Gasteiger partial charge < -0.3 is 19.5 Å². The van der Waals surface area contributed by atoms with E-state index in [-0.39, 0.29) is 35.1 Å². The van der Waals surface area contributed by atoms with Gasteiger partial charge in [0.05, 0.1) is 29.0 Å². The van der Waals surface area contributed by atoms with Crippen molar-refractivity contribution in [3.8, 4) is 11.5 Å². The van der Waals surface area contributed by atoms with E-state index in [2.05, 4.69) is 15.4 Å². The average molecular weight is 669 g/mol. The van der Waals surface area contributed by atoms with Gasteiger partial charge in [-0.1, -0.05) is 12.1 Å². The molecule has 41 heavy (non-hydrogen) atoms. The second kappa shape index (κ2) is 12.6. The molecule has 2 N–H and O–H groups in total. The molecule has 12 heteroatoms. The number of hydrogen-bond acceptors (Lipinski definition) is 8. The van der Waals surface area contributed by atoms with E-state index in [1.807, 2.05) is 47.7 Å². The van der Waals surface area contributed by atoms with E-state index in [1.54, 1.807) is 12.1 Å². The van der Waals surface area contributed by atoms with Crippen molar-refractivity contribution in [1.82, 2.24) is 5.32 Å². The van der Waals surface area contributed by atoms with E-state index in [0.29, 0.717) is 20.6 Å². The molecule has 5 amide bonds. The van der Waals surface area contributed by atoms with Gasteiger partial charge in [-0.2, -0.15) is 0 Å². The minimum atomic E-state index is -0.928. The Bertz CT molecular complexity index is 1580. The molecule has 0 aromatic heterocycles. The van der Waals surface area contributed by atoms with Crippen LogP contribution >= 0.6 is 22.6 Å². The largest absolute Gasteiger partial charge is 0.493 e. The summed E-state index contributed by atoms with van der Waals surface area (Å²) >= 11 is 1.99. The smallest absolute Gasteiger partial charge is 0.337 e. The van der Waals surface area contributed by atoms with Crippen LogP contribution in [0.3, 0.4) is 0 Å². The summed E-state index contributed by atoms with van der Waals surface area (Å²) in [7, 11) is 2.65. The zero-order chi connectivity index (χ0) is 29.7. The fourth-order valence-corrected chi connectivity index (χ4v) is 4.72. The second-order valence-electron chi connectivity index (χ2n) is 8.74. The maximum Gasteiger partial charge on any atom is 0.337 e. The van der Waals surface area contributed by atoms with Gasteiger partial charge in [0, 0.05) is 5.69 Å². The van der Waals surface area contributed by atoms with Crippen molar-refractivity contribution in [2.24, 2.45) is 0 Å². The molecule has 1 aliphatic rings. The van der Waals surface area contributed by atoms with Gasteiger partial charge in [0.2, 0.25) is 0 Å². The van der Waals surface area contributed by atoms with Crippen LogP contribution in [0.15, 0.2) is 66.2 Å². The third-order valence-corrected chi connectivity index (χ3v) is 6.66. The molecule has 3 aromatic rings. The highest BCUT2D eigenvalue weighted by Gasteiger charge is 2.37. The molecule has 1 saturated heterocycles. The fourth-order valence-electron chi connectivity index (χ4n) is 3.94. The Hall–Kier alpha value is -4.72. The lowest BCUT2D eigenvalue weighted by molar-refractivity contribution is -0.122. The van der Waals surface area contributed by atoms with Crippen LogP contribution in [0, 0.1) is 10.5 Å². The lowest BCUT2D eigenvalue weighted by atomic mass is 10.1. The third kappa shape index (κ3) is 6.72. The van der Waals surface area contributed by atoms with Gasteiger partial charge in [-0.05, 0) is 95.2 Å². The van der Waals surface area contributed by atoms with E-state index >= 15 is 0 Å². The molecule has 0 bridgehead atoms. The van der Waals surface area contributed by atoms with E-state index in [9.17, 15) is 24.0 Å². The first kappa shape index (κ1) is 29.3. The second-order valence-corrected chi connectivity index (χ2v) is 9.90. The predicted molar refractivity (Wildman–Crippen MR) is 158 cm³/mol. The zero-order valence-corrected chi connectivity index (χ0v) is 24.3. The third-order valence-electron chi connectivity index (χ3n) is 5.86. The van der Waals surface area contributed by atoms with Gasteiger partial charge in [0.15, 0.2) is 18.1 Å². The number of carbonyl (C=O) groups is 5. The number of urea groups is 1. The Kier molecular flexibility index (Phi) is 9.02. The van der Waals surface area contributed by atoms with Gasteiger partial charge in [-0.25, -0.2) is 14.5 Å². The molecule has 0 radical (unpaired) electrons. The molecule has 3 aromatic carbocycles. The van der Waals surface area contributed by atoms with Gasteiger partial charge in [0.1, 0.15) is 5.57 Å². The number of esters is 1. The van der Waals surface area contributed by atoms with Crippen LogP contribution in [0.25, 0.3) is 6.08 Å². The van der Waals surface area contributed by atoms with Crippen LogP contribution in [0.4, 0.5) is 16.2 Å². The van der Waals surface area contributed by atoms with Crippen molar-refractivity contribution < 1.29 is 38.2 Å². The topological polar surface area (TPSA) is 140 Å². The highest BCUT2D eigenvalue weighted by Crippen LogP contribution is 2.35. The number of amides is 5. The van der Waals surface area contributed by atoms with Crippen LogP contribution in [0.2, 0.25) is 0 Å². The summed E-state index contributed by atoms with van der Waals surface area (Å²) in [5.41, 5.74) is 2.13. The maximum atomic E-state index is 13.3. The molecule has 0 unspecified atom stereocenters. The first-order valence-electron chi connectivity index (χ1n) is 12.1. The number of rotatable bonds is 8. The number of nitrogens with one attached hydrogen (secondary N) is 2. The van der Waals surface area contributed by atoms with Crippen LogP contribution in [-0.2, 0) is 19.1 Å². The molecule has 1 fully saturated rings. The number of nitrogens with zero attached hydrogens (tertiary/aromatic N) is 1. The van der Waals surface area contributed by atoms with E-state index in [4.69, 9.17) is 9.47 Å². The van der Waals surface area contributed by atoms with E-state index in [1.165, 1.54) is 50.6 Å². The van der Waals surface area contributed by atoms with E-state index < -0.39 is 23.8 Å². The Morgan fingerprint density at radius 3 is 2.41 bits per heavy atom. The summed E-state index contributed by atoms with van der Waals surface area (Å²) in [6, 6.07) is 15.2. The minimum absolute atomic E-state index is 0.151. The first-order valence-corrected chi connectivity index (χ1v) is 13.2. The molecule has 1 aliphatic heterocycles. The average Bonchev–Trinajstić information content (AvgIpc) is 2.94. The maximum absolute atomic E-state index is 13.3. The van der Waals surface area contributed by atoms with Crippen LogP contribution in [0.5, 0.6) is 11.5 Å². The van der Waals surface area contributed by atoms with Gasteiger partial charge in [-0.3, -0.25) is 19.7 Å². The Labute approximate surface area is 248 Å². The van der Waals surface area contributed by atoms with Crippen molar-refractivity contribution in [2.45, 2.75) is 6.92 Å². The molecule has 0 atom stereocenters. The Morgan fingerprint density at radius 2 is 1.76 bits per heavy atom. The SMILES string of the molecule is COC(=O)c1ccc(N2C(=O)NC(=O)/C(=C\c3cc(I)c(OCC(=O)Nc4cccc(C)c4)c(OC)c3)C2=O)cc1. The summed E-state index contributed by atoms with van der Waals surface area (Å²) in [4.78, 5) is 63.3. The summed E-state index contributed by atoms with van der Waals surface area (Å²) < 4.78 is 16.4. The van der Waals surface area contributed by atoms with Gasteiger partial charge >= 0.3 is 12.0 Å². The van der Waals surface area contributed by atoms with E-state index in [0.717, 1.165) is 10.5 Å². The van der Waals surface area contributed by atoms with Crippen molar-refractivity contribution in [1.29, 1.82) is 0 Å². The number of ether oxygens (including phenoxy) is 3. The van der Waals surface area contributed by atoms with Crippen molar-refractivity contribution in [3.05, 3.63) is 86.5 Å². The molecule has 11 nitrogen and oxygen atoms in total. The fraction of sp³-hybridized carbons (Fsp3) is 0.138. The Balaban J connectivity index is 1.55. The van der Waals surface area contributed by atoms with Crippen molar-refractivity contribution >= 4 is 69.8 Å². The number of aryl methyl sites for hydroxylation is 1. The number of hydrogen-bond donors (Lipinski definition) is 2. The summed E-state index contributed by atoms with van der Waals surface area (Å²) in [6.45, 7) is 1.63. The molecule has 210 valence electrons. The molecular formula is C29H24IN3O8. The number of imide groups is 2. The zero-order valence-electron chi connectivity index (χ0n) is 22.1. The summed E-state index contributed by atoms with van der Waals surface area (Å²) in [6.07, 6.45) is 1.32. The molecule has 0 saturated carbocycles. The highest BCUT2D eigenvalue weighted by molar-refractivity contribution is 14.1. The lowest BCUT2D eigenvalue weighted by Gasteiger charge is -2.26. The normalized spacial score (nSPS) is 14.0. The number of methoxy groups -OCH3 is 2. The lowest BCUT2D eigenvalue weighted by Crippen LogP contribution is -2.54. The van der Waals surface area contributed by atoms with Gasteiger partial charge in [0.25, 0.3) is 17.7 Å². The van der Waals surface area contributed by atoms with Crippen molar-refractivity contribution in [3.63, 3.8) is 0 Å². The number of benzene rings is 3. The Morgan fingerprint density at radius 1 is 1.02 bits per heavy atom. The van der Waals surface area contributed by atoms with Crippen LogP contribution in [-0.4, -0.2) is 50.5 Å². The van der Waals surface area contributed by atoms with Gasteiger partial charge in [-0.15, -0.1) is 0 Å². The quantitative estimate of drug-likeness (QED) is 0.158. The molecule has 0 spiro atoms. The number of carbonyl (C=O) groups excluding carboxylic acids is 5. The molecular weight excluding hydrogens is 645 g/mol.